The number of fused-ring (bicyclic) bond motifs is 5. The SMILES string of the molecule is C#C[C@]1(O)CC[C@H]2[C@@H]3CCc4cc(O)ccc4[C@H]3CC[C@@]21C.O=S(=O)(O)OF. The highest BCUT2D eigenvalue weighted by molar-refractivity contribution is 7.80. The Morgan fingerprint density at radius 2 is 1.96 bits per heavy atom. The van der Waals surface area contributed by atoms with Gasteiger partial charge in [-0.15, -0.1) is 6.42 Å². The molecule has 2 saturated carbocycles. The Morgan fingerprint density at radius 3 is 2.57 bits per heavy atom. The van der Waals surface area contributed by atoms with Gasteiger partial charge in [-0.05, 0) is 88.5 Å². The van der Waals surface area contributed by atoms with Gasteiger partial charge >= 0.3 is 10.4 Å². The molecule has 0 bridgehead atoms. The van der Waals surface area contributed by atoms with E-state index in [-0.39, 0.29) is 5.41 Å². The molecule has 154 valence electrons. The topological polar surface area (TPSA) is 104 Å². The fourth-order valence-electron chi connectivity index (χ4n) is 5.82. The van der Waals surface area contributed by atoms with Crippen LogP contribution in [-0.4, -0.2) is 28.8 Å². The third-order valence-corrected chi connectivity index (χ3v) is 7.34. The summed E-state index contributed by atoms with van der Waals surface area (Å²) in [6.45, 7) is 2.22. The van der Waals surface area contributed by atoms with Crippen molar-refractivity contribution in [3.05, 3.63) is 29.3 Å². The fraction of sp³-hybridized carbons (Fsp3) is 0.600. The van der Waals surface area contributed by atoms with Crippen molar-refractivity contribution in [2.45, 2.75) is 57.0 Å². The number of terminal acetylenes is 1. The highest BCUT2D eigenvalue weighted by Gasteiger charge is 2.61. The Kier molecular flexibility index (Phi) is 5.49. The number of rotatable bonds is 1. The molecule has 2 fully saturated rings. The highest BCUT2D eigenvalue weighted by atomic mass is 32.3. The average molecular weight is 412 g/mol. The van der Waals surface area contributed by atoms with E-state index in [1.54, 1.807) is 0 Å². The molecular weight excluding hydrogens is 387 g/mol. The molecule has 0 heterocycles. The summed E-state index contributed by atoms with van der Waals surface area (Å²) in [6, 6.07) is 5.87. The number of hydrogen-bond donors (Lipinski definition) is 3. The average Bonchev–Trinajstić information content (AvgIpc) is 2.93. The zero-order valence-electron chi connectivity index (χ0n) is 15.6. The van der Waals surface area contributed by atoms with E-state index >= 15 is 0 Å². The number of aryl methyl sites for hydroxylation is 1. The minimum atomic E-state index is -4.83. The van der Waals surface area contributed by atoms with Gasteiger partial charge in [-0.25, -0.2) is 0 Å². The Balaban J connectivity index is 0.000000330. The van der Waals surface area contributed by atoms with E-state index in [1.807, 2.05) is 16.5 Å². The molecule has 0 radical (unpaired) electrons. The highest BCUT2D eigenvalue weighted by Crippen LogP contribution is 2.64. The van der Waals surface area contributed by atoms with Crippen molar-refractivity contribution in [1.29, 1.82) is 0 Å². The summed E-state index contributed by atoms with van der Waals surface area (Å²) >= 11 is 0. The molecule has 0 unspecified atom stereocenters. The predicted octanol–water partition coefficient (Wildman–Crippen LogP) is 3.30. The molecule has 6 nitrogen and oxygen atoms in total. The number of phenolic OH excluding ortho intramolecular Hbond substituents is 1. The van der Waals surface area contributed by atoms with Crippen molar-refractivity contribution in [3.8, 4) is 18.1 Å². The van der Waals surface area contributed by atoms with Gasteiger partial charge in [0, 0.05) is 5.41 Å². The molecule has 3 aliphatic carbocycles. The molecule has 0 saturated heterocycles. The number of aromatic hydroxyl groups is 1. The molecule has 3 aliphatic rings. The smallest absolute Gasteiger partial charge is 0.428 e. The molecule has 0 aromatic heterocycles. The largest absolute Gasteiger partial charge is 0.508 e. The van der Waals surface area contributed by atoms with Crippen molar-refractivity contribution in [2.24, 2.45) is 17.3 Å². The second-order valence-electron chi connectivity index (χ2n) is 8.29. The monoisotopic (exact) mass is 412 g/mol. The second kappa shape index (κ2) is 7.30. The van der Waals surface area contributed by atoms with Gasteiger partial charge in [0.1, 0.15) is 11.4 Å². The summed E-state index contributed by atoms with van der Waals surface area (Å²) in [5.74, 6) is 4.82. The zero-order valence-corrected chi connectivity index (χ0v) is 16.5. The molecule has 8 heteroatoms. The first-order valence-electron chi connectivity index (χ1n) is 9.34. The molecule has 1 aromatic carbocycles. The van der Waals surface area contributed by atoms with Crippen LogP contribution in [-0.2, 0) is 21.2 Å². The number of hydrogen-bond acceptors (Lipinski definition) is 5. The third-order valence-electron chi connectivity index (χ3n) is 7.18. The lowest BCUT2D eigenvalue weighted by Gasteiger charge is -2.52. The van der Waals surface area contributed by atoms with Crippen LogP contribution >= 0.6 is 0 Å². The molecule has 28 heavy (non-hydrogen) atoms. The van der Waals surface area contributed by atoms with Crippen LogP contribution in [0, 0.1) is 29.6 Å². The number of halogens is 1. The normalized spacial score (nSPS) is 36.2. The summed E-state index contributed by atoms with van der Waals surface area (Å²) in [7, 11) is -4.83. The maximum Gasteiger partial charge on any atom is 0.428 e. The van der Waals surface area contributed by atoms with Crippen LogP contribution in [0.15, 0.2) is 18.2 Å². The van der Waals surface area contributed by atoms with Crippen molar-refractivity contribution in [2.75, 3.05) is 0 Å². The first-order chi connectivity index (χ1) is 13.0. The number of benzene rings is 1. The van der Waals surface area contributed by atoms with Crippen LogP contribution in [0.5, 0.6) is 5.75 Å². The first kappa shape index (κ1) is 21.1. The molecular formula is C20H25FO6S. The predicted molar refractivity (Wildman–Crippen MR) is 100 cm³/mol. The van der Waals surface area contributed by atoms with E-state index < -0.39 is 16.0 Å². The molecule has 0 amide bonds. The molecule has 1 aromatic rings. The van der Waals surface area contributed by atoms with E-state index in [0.717, 1.165) is 38.5 Å². The van der Waals surface area contributed by atoms with Crippen LogP contribution in [0.3, 0.4) is 0 Å². The molecule has 3 N–H and O–H groups in total. The van der Waals surface area contributed by atoms with Crippen LogP contribution in [0.2, 0.25) is 0 Å². The van der Waals surface area contributed by atoms with Crippen molar-refractivity contribution >= 4 is 10.4 Å². The Bertz CT molecular complexity index is 894. The Labute approximate surface area is 164 Å². The van der Waals surface area contributed by atoms with Gasteiger partial charge in [0.2, 0.25) is 0 Å². The summed E-state index contributed by atoms with van der Waals surface area (Å²) in [5.41, 5.74) is 1.69. The van der Waals surface area contributed by atoms with E-state index in [0.29, 0.717) is 23.5 Å². The second-order valence-corrected chi connectivity index (χ2v) is 9.27. The van der Waals surface area contributed by atoms with Gasteiger partial charge in [-0.3, -0.25) is 4.55 Å². The lowest BCUT2D eigenvalue weighted by Crippen LogP contribution is -2.50. The quantitative estimate of drug-likeness (QED) is 0.483. The van der Waals surface area contributed by atoms with Gasteiger partial charge in [0.15, 0.2) is 0 Å². The van der Waals surface area contributed by atoms with E-state index in [9.17, 15) is 14.7 Å². The molecule has 5 atom stereocenters. The van der Waals surface area contributed by atoms with Crippen LogP contribution in [0.25, 0.3) is 0 Å². The molecule has 0 spiro atoms. The molecule has 0 aliphatic heterocycles. The maximum atomic E-state index is 10.9. The Hall–Kier alpha value is -1.66. The lowest BCUT2D eigenvalue weighted by atomic mass is 9.53. The van der Waals surface area contributed by atoms with E-state index in [1.165, 1.54) is 11.1 Å². The summed E-state index contributed by atoms with van der Waals surface area (Å²) in [6.07, 6.45) is 11.8. The van der Waals surface area contributed by atoms with Crippen molar-refractivity contribution in [3.63, 3.8) is 0 Å². The van der Waals surface area contributed by atoms with Gasteiger partial charge in [-0.2, -0.15) is 8.42 Å². The summed E-state index contributed by atoms with van der Waals surface area (Å²) in [4.78, 5) is 0. The van der Waals surface area contributed by atoms with Gasteiger partial charge < -0.3 is 10.2 Å². The van der Waals surface area contributed by atoms with Crippen LogP contribution in [0.4, 0.5) is 4.53 Å². The standard InChI is InChI=1S/C20H24O2.FHO4S/c1-3-20(22)11-9-18-17-6-4-13-12-14(21)5-7-15(13)16(17)8-10-19(18,20)2;1-5-6(2,3)4/h1,5,7,12,16-18,21-22H,4,6,8-11H2,2H3;(H,2,3,4)/t16-,17-,18+,19+,20+;/m1./s1. The van der Waals surface area contributed by atoms with Gasteiger partial charge in [-0.1, -0.05) is 18.9 Å². The minimum Gasteiger partial charge on any atom is -0.508 e. The first-order valence-corrected chi connectivity index (χ1v) is 10.7. The van der Waals surface area contributed by atoms with Crippen LogP contribution in [0.1, 0.15) is 56.1 Å². The molecule has 4 rings (SSSR count). The zero-order chi connectivity index (χ0) is 20.7. The minimum absolute atomic E-state index is 0.128. The van der Waals surface area contributed by atoms with Gasteiger partial charge in [0.05, 0.1) is 0 Å². The van der Waals surface area contributed by atoms with Crippen LogP contribution < -0.4 is 0 Å². The fourth-order valence-corrected chi connectivity index (χ4v) is 5.82. The third kappa shape index (κ3) is 3.52. The van der Waals surface area contributed by atoms with Gasteiger partial charge in [0.25, 0.3) is 0 Å². The van der Waals surface area contributed by atoms with Crippen molar-refractivity contribution in [1.82, 2.24) is 0 Å². The maximum absolute atomic E-state index is 10.9. The summed E-state index contributed by atoms with van der Waals surface area (Å²) < 4.78 is 37.2. The number of aliphatic hydroxyl groups is 1. The summed E-state index contributed by atoms with van der Waals surface area (Å²) in [5, 5.41) is 20.6. The lowest BCUT2D eigenvalue weighted by molar-refractivity contribution is -0.0646. The van der Waals surface area contributed by atoms with E-state index in [4.69, 9.17) is 19.4 Å². The van der Waals surface area contributed by atoms with E-state index in [2.05, 4.69) is 18.9 Å². The van der Waals surface area contributed by atoms with Crippen molar-refractivity contribution < 1.29 is 32.1 Å². The number of phenols is 1. The Morgan fingerprint density at radius 1 is 1.29 bits per heavy atom.